The lowest BCUT2D eigenvalue weighted by Gasteiger charge is -2.05. The number of hydrogen-bond acceptors (Lipinski definition) is 5. The van der Waals surface area contributed by atoms with Crippen molar-refractivity contribution >= 4 is 38.7 Å². The van der Waals surface area contributed by atoms with E-state index in [0.717, 1.165) is 15.5 Å². The van der Waals surface area contributed by atoms with Crippen molar-refractivity contribution in [3.63, 3.8) is 0 Å². The van der Waals surface area contributed by atoms with E-state index in [0.29, 0.717) is 22.0 Å². The van der Waals surface area contributed by atoms with Crippen LogP contribution in [0.5, 0.6) is 0 Å². The van der Waals surface area contributed by atoms with Gasteiger partial charge in [-0.05, 0) is 35.0 Å². The molecule has 0 bridgehead atoms. The molecular weight excluding hydrogens is 330 g/mol. The monoisotopic (exact) mass is 341 g/mol. The molecular formula is C20H11N3O3. The summed E-state index contributed by atoms with van der Waals surface area (Å²) in [5.74, 6) is -0.567. The van der Waals surface area contributed by atoms with Gasteiger partial charge in [0.05, 0.1) is 5.52 Å². The van der Waals surface area contributed by atoms with Crippen molar-refractivity contribution in [2.75, 3.05) is 0 Å². The average molecular weight is 341 g/mol. The second kappa shape index (κ2) is 5.35. The number of benzene rings is 3. The third-order valence-electron chi connectivity index (χ3n) is 4.42. The largest absolute Gasteiger partial charge is 0.422 e. The Labute approximate surface area is 146 Å². The van der Waals surface area contributed by atoms with Gasteiger partial charge in [-0.1, -0.05) is 47.7 Å². The minimum absolute atomic E-state index is 0.0792. The lowest BCUT2D eigenvalue weighted by atomic mass is 10.0. The van der Waals surface area contributed by atoms with Crippen LogP contribution < -0.4 is 5.63 Å². The number of hydrogen-bond donors (Lipinski definition) is 0. The molecule has 0 aliphatic carbocycles. The standard InChI is InChI=1S/C20H11N3O3/c24-19(23-17-8-4-3-7-16(17)21-22-23)15-11-14-13-6-2-1-5-12(13)9-10-18(14)26-20(15)25/h1-11H. The number of nitrogens with zero attached hydrogens (tertiary/aromatic N) is 3. The maximum absolute atomic E-state index is 12.9. The third kappa shape index (κ3) is 2.05. The Kier molecular flexibility index (Phi) is 2.99. The van der Waals surface area contributed by atoms with Gasteiger partial charge in [-0.2, -0.15) is 4.68 Å². The minimum atomic E-state index is -0.697. The molecule has 5 rings (SSSR count). The summed E-state index contributed by atoms with van der Waals surface area (Å²) in [5.41, 5.74) is 0.780. The van der Waals surface area contributed by atoms with Crippen molar-refractivity contribution in [2.24, 2.45) is 0 Å². The van der Waals surface area contributed by atoms with E-state index in [2.05, 4.69) is 10.3 Å². The van der Waals surface area contributed by atoms with Crippen LogP contribution in [0.4, 0.5) is 0 Å². The maximum Gasteiger partial charge on any atom is 0.349 e. The topological polar surface area (TPSA) is 78.0 Å². The molecule has 3 aromatic carbocycles. The molecule has 0 spiro atoms. The Morgan fingerprint density at radius 2 is 1.73 bits per heavy atom. The highest BCUT2D eigenvalue weighted by Gasteiger charge is 2.19. The van der Waals surface area contributed by atoms with Crippen LogP contribution in [-0.2, 0) is 0 Å². The first-order valence-corrected chi connectivity index (χ1v) is 8.03. The van der Waals surface area contributed by atoms with Crippen molar-refractivity contribution < 1.29 is 9.21 Å². The van der Waals surface area contributed by atoms with E-state index in [1.54, 1.807) is 30.3 Å². The van der Waals surface area contributed by atoms with Gasteiger partial charge in [0, 0.05) is 5.39 Å². The highest BCUT2D eigenvalue weighted by atomic mass is 16.4. The first-order chi connectivity index (χ1) is 12.7. The Bertz CT molecular complexity index is 1380. The van der Waals surface area contributed by atoms with Crippen LogP contribution in [0.1, 0.15) is 10.4 Å². The van der Waals surface area contributed by atoms with Gasteiger partial charge in [0.15, 0.2) is 0 Å². The fourth-order valence-corrected chi connectivity index (χ4v) is 3.15. The number of aromatic nitrogens is 3. The van der Waals surface area contributed by atoms with Gasteiger partial charge in [-0.15, -0.1) is 5.10 Å². The van der Waals surface area contributed by atoms with Gasteiger partial charge in [0.1, 0.15) is 16.7 Å². The molecule has 2 aromatic heterocycles. The van der Waals surface area contributed by atoms with Gasteiger partial charge >= 0.3 is 5.63 Å². The van der Waals surface area contributed by atoms with Gasteiger partial charge in [-0.3, -0.25) is 4.79 Å². The summed E-state index contributed by atoms with van der Waals surface area (Å²) < 4.78 is 6.52. The molecule has 6 nitrogen and oxygen atoms in total. The van der Waals surface area contributed by atoms with Gasteiger partial charge in [0.25, 0.3) is 5.91 Å². The molecule has 124 valence electrons. The molecule has 2 heterocycles. The molecule has 0 saturated heterocycles. The van der Waals surface area contributed by atoms with Crippen LogP contribution >= 0.6 is 0 Å². The number of carbonyl (C=O) groups is 1. The number of fused-ring (bicyclic) bond motifs is 4. The van der Waals surface area contributed by atoms with Crippen molar-refractivity contribution in [1.29, 1.82) is 0 Å². The number of para-hydroxylation sites is 1. The lowest BCUT2D eigenvalue weighted by Crippen LogP contribution is -2.21. The molecule has 0 aliphatic rings. The molecule has 26 heavy (non-hydrogen) atoms. The molecule has 5 aromatic rings. The molecule has 6 heteroatoms. The predicted octanol–water partition coefficient (Wildman–Crippen LogP) is 3.38. The Hall–Kier alpha value is -3.80. The fraction of sp³-hybridized carbons (Fsp3) is 0. The summed E-state index contributed by atoms with van der Waals surface area (Å²) in [7, 11) is 0. The zero-order chi connectivity index (χ0) is 17.7. The predicted molar refractivity (Wildman–Crippen MR) is 97.2 cm³/mol. The SMILES string of the molecule is O=C(c1cc2c(ccc3ccccc32)oc1=O)n1nnc2ccccc21. The summed E-state index contributed by atoms with van der Waals surface area (Å²) >= 11 is 0. The molecule has 0 atom stereocenters. The number of rotatable bonds is 1. The zero-order valence-corrected chi connectivity index (χ0v) is 13.4. The second-order valence-electron chi connectivity index (χ2n) is 5.94. The highest BCUT2D eigenvalue weighted by molar-refractivity contribution is 6.08. The summed E-state index contributed by atoms with van der Waals surface area (Å²) in [6, 6.07) is 20.0. The van der Waals surface area contributed by atoms with Crippen LogP contribution in [-0.4, -0.2) is 20.9 Å². The molecule has 0 saturated carbocycles. The molecule has 0 aliphatic heterocycles. The van der Waals surface area contributed by atoms with Gasteiger partial charge in [0.2, 0.25) is 0 Å². The van der Waals surface area contributed by atoms with Crippen LogP contribution in [0.2, 0.25) is 0 Å². The molecule has 0 unspecified atom stereocenters. The summed E-state index contributed by atoms with van der Waals surface area (Å²) in [4.78, 5) is 25.3. The maximum atomic E-state index is 12.9. The van der Waals surface area contributed by atoms with Crippen molar-refractivity contribution in [3.8, 4) is 0 Å². The minimum Gasteiger partial charge on any atom is -0.422 e. The molecule has 0 radical (unpaired) electrons. The van der Waals surface area contributed by atoms with E-state index in [-0.39, 0.29) is 5.56 Å². The van der Waals surface area contributed by atoms with Gasteiger partial charge < -0.3 is 4.42 Å². The van der Waals surface area contributed by atoms with E-state index in [4.69, 9.17) is 4.42 Å². The van der Waals surface area contributed by atoms with E-state index in [1.165, 1.54) is 0 Å². The fourth-order valence-electron chi connectivity index (χ4n) is 3.15. The van der Waals surface area contributed by atoms with Crippen LogP contribution in [0, 0.1) is 0 Å². The van der Waals surface area contributed by atoms with Crippen LogP contribution in [0.15, 0.2) is 75.9 Å². The van der Waals surface area contributed by atoms with Crippen molar-refractivity contribution in [3.05, 3.63) is 82.7 Å². The van der Waals surface area contributed by atoms with Crippen LogP contribution in [0.25, 0.3) is 32.8 Å². The second-order valence-corrected chi connectivity index (χ2v) is 5.94. The first kappa shape index (κ1) is 14.5. The Morgan fingerprint density at radius 3 is 2.65 bits per heavy atom. The Balaban J connectivity index is 1.78. The normalized spacial score (nSPS) is 11.4. The summed E-state index contributed by atoms with van der Waals surface area (Å²) in [6.45, 7) is 0. The van der Waals surface area contributed by atoms with Crippen molar-refractivity contribution in [2.45, 2.75) is 0 Å². The quantitative estimate of drug-likeness (QED) is 0.345. The van der Waals surface area contributed by atoms with E-state index in [1.807, 2.05) is 36.4 Å². The van der Waals surface area contributed by atoms with E-state index < -0.39 is 11.5 Å². The smallest absolute Gasteiger partial charge is 0.349 e. The molecule has 0 N–H and O–H groups in total. The van der Waals surface area contributed by atoms with E-state index >= 15 is 0 Å². The highest BCUT2D eigenvalue weighted by Crippen LogP contribution is 2.25. The molecule has 0 fully saturated rings. The first-order valence-electron chi connectivity index (χ1n) is 8.03. The zero-order valence-electron chi connectivity index (χ0n) is 13.4. The number of carbonyl (C=O) groups excluding carboxylic acids is 1. The Morgan fingerprint density at radius 1 is 0.923 bits per heavy atom. The molecule has 0 amide bonds. The lowest BCUT2D eigenvalue weighted by molar-refractivity contribution is 0.0944. The van der Waals surface area contributed by atoms with Crippen LogP contribution in [0.3, 0.4) is 0 Å². The third-order valence-corrected chi connectivity index (χ3v) is 4.42. The van der Waals surface area contributed by atoms with Crippen molar-refractivity contribution in [1.82, 2.24) is 15.0 Å². The summed E-state index contributed by atoms with van der Waals surface area (Å²) in [5, 5.41) is 10.5. The average Bonchev–Trinajstić information content (AvgIpc) is 3.11. The summed E-state index contributed by atoms with van der Waals surface area (Å²) in [6.07, 6.45) is 0. The van der Waals surface area contributed by atoms with Gasteiger partial charge in [-0.25, -0.2) is 4.79 Å². The van der Waals surface area contributed by atoms with E-state index in [9.17, 15) is 9.59 Å².